The maximum absolute atomic E-state index is 6.05. The van der Waals surface area contributed by atoms with E-state index in [0.29, 0.717) is 11.8 Å². The lowest BCUT2D eigenvalue weighted by molar-refractivity contribution is 0.219. The zero-order valence-electron chi connectivity index (χ0n) is 14.4. The fourth-order valence-electron chi connectivity index (χ4n) is 2.89. The maximum atomic E-state index is 6.05. The topological polar surface area (TPSA) is 42.2 Å². The van der Waals surface area contributed by atoms with Crippen LogP contribution in [0.3, 0.4) is 0 Å². The molecule has 3 aromatic rings. The Kier molecular flexibility index (Phi) is 5.06. The molecule has 2 aromatic carbocycles. The molecule has 0 amide bonds. The van der Waals surface area contributed by atoms with Gasteiger partial charge in [0.05, 0.1) is 0 Å². The smallest absolute Gasteiger partial charge is 0.247 e. The predicted molar refractivity (Wildman–Crippen MR) is 95.7 cm³/mol. The van der Waals surface area contributed by atoms with E-state index in [-0.39, 0.29) is 6.04 Å². The van der Waals surface area contributed by atoms with E-state index in [1.54, 1.807) is 0 Å². The summed E-state index contributed by atoms with van der Waals surface area (Å²) in [6.45, 7) is 8.19. The minimum atomic E-state index is -0.0205. The molecule has 0 fully saturated rings. The standard InChI is InChI=1S/C20H23N3O/c1-4-23(5-2)18(16-9-7-6-8-10-16)20-22-21-19(24-20)17-13-11-15(3)12-14-17/h6-14,18H,4-5H2,1-3H3/t18-/m1/s1. The van der Waals surface area contributed by atoms with Gasteiger partial charge in [0.2, 0.25) is 11.8 Å². The first-order valence-electron chi connectivity index (χ1n) is 8.42. The lowest BCUT2D eigenvalue weighted by atomic mass is 10.1. The molecule has 0 bridgehead atoms. The predicted octanol–water partition coefficient (Wildman–Crippen LogP) is 4.48. The molecule has 24 heavy (non-hydrogen) atoms. The molecule has 0 spiro atoms. The molecule has 3 rings (SSSR count). The molecule has 0 unspecified atom stereocenters. The van der Waals surface area contributed by atoms with Gasteiger partial charge in [-0.05, 0) is 37.7 Å². The van der Waals surface area contributed by atoms with Gasteiger partial charge in [0.15, 0.2) is 0 Å². The van der Waals surface area contributed by atoms with Crippen molar-refractivity contribution in [3.05, 3.63) is 71.6 Å². The highest BCUT2D eigenvalue weighted by Gasteiger charge is 2.26. The van der Waals surface area contributed by atoms with Gasteiger partial charge in [-0.1, -0.05) is 61.9 Å². The van der Waals surface area contributed by atoms with Crippen LogP contribution in [0.25, 0.3) is 11.5 Å². The van der Waals surface area contributed by atoms with Gasteiger partial charge in [0, 0.05) is 5.56 Å². The molecule has 0 saturated heterocycles. The third kappa shape index (κ3) is 3.39. The van der Waals surface area contributed by atoms with Crippen molar-refractivity contribution in [2.24, 2.45) is 0 Å². The van der Waals surface area contributed by atoms with Gasteiger partial charge >= 0.3 is 0 Å². The van der Waals surface area contributed by atoms with Crippen molar-refractivity contribution in [1.29, 1.82) is 0 Å². The minimum Gasteiger partial charge on any atom is -0.419 e. The second-order valence-electron chi connectivity index (χ2n) is 5.85. The van der Waals surface area contributed by atoms with Crippen LogP contribution < -0.4 is 0 Å². The van der Waals surface area contributed by atoms with Crippen molar-refractivity contribution in [2.45, 2.75) is 26.8 Å². The summed E-state index contributed by atoms with van der Waals surface area (Å²) in [6, 6.07) is 18.4. The average Bonchev–Trinajstić information content (AvgIpc) is 3.10. The normalized spacial score (nSPS) is 12.5. The Bertz CT molecular complexity index is 761. The number of benzene rings is 2. The minimum absolute atomic E-state index is 0.0205. The lowest BCUT2D eigenvalue weighted by Gasteiger charge is -2.27. The number of aromatic nitrogens is 2. The Morgan fingerprint density at radius 1 is 0.917 bits per heavy atom. The number of hydrogen-bond acceptors (Lipinski definition) is 4. The van der Waals surface area contributed by atoms with E-state index in [9.17, 15) is 0 Å². The van der Waals surface area contributed by atoms with Gasteiger partial charge < -0.3 is 4.42 Å². The second-order valence-corrected chi connectivity index (χ2v) is 5.85. The lowest BCUT2D eigenvalue weighted by Crippen LogP contribution is -2.29. The molecule has 0 aliphatic heterocycles. The van der Waals surface area contributed by atoms with E-state index in [0.717, 1.165) is 18.7 Å². The van der Waals surface area contributed by atoms with Crippen molar-refractivity contribution < 1.29 is 4.42 Å². The highest BCUT2D eigenvalue weighted by atomic mass is 16.4. The summed E-state index contributed by atoms with van der Waals surface area (Å²) in [4.78, 5) is 2.32. The first kappa shape index (κ1) is 16.4. The van der Waals surface area contributed by atoms with Crippen molar-refractivity contribution >= 4 is 0 Å². The van der Waals surface area contributed by atoms with Crippen molar-refractivity contribution in [3.8, 4) is 11.5 Å². The molecule has 124 valence electrons. The summed E-state index contributed by atoms with van der Waals surface area (Å²) in [7, 11) is 0. The van der Waals surface area contributed by atoms with Crippen LogP contribution in [0.1, 0.15) is 36.9 Å². The van der Waals surface area contributed by atoms with E-state index in [4.69, 9.17) is 4.42 Å². The number of aryl methyl sites for hydroxylation is 1. The van der Waals surface area contributed by atoms with Gasteiger partial charge in [-0.3, -0.25) is 4.90 Å². The van der Waals surface area contributed by atoms with Gasteiger partial charge in [-0.15, -0.1) is 10.2 Å². The molecule has 0 aliphatic carbocycles. The quantitative estimate of drug-likeness (QED) is 0.671. The SMILES string of the molecule is CCN(CC)[C@H](c1ccccc1)c1nnc(-c2ccc(C)cc2)o1. The highest BCUT2D eigenvalue weighted by molar-refractivity contribution is 5.53. The summed E-state index contributed by atoms with van der Waals surface area (Å²) in [5, 5.41) is 8.62. The van der Waals surface area contributed by atoms with Crippen molar-refractivity contribution in [2.75, 3.05) is 13.1 Å². The second kappa shape index (κ2) is 7.41. The zero-order chi connectivity index (χ0) is 16.9. The van der Waals surface area contributed by atoms with Crippen LogP contribution in [0.15, 0.2) is 59.0 Å². The van der Waals surface area contributed by atoms with Gasteiger partial charge in [0.1, 0.15) is 6.04 Å². The Morgan fingerprint density at radius 3 is 2.21 bits per heavy atom. The Morgan fingerprint density at radius 2 is 1.58 bits per heavy atom. The molecule has 0 saturated carbocycles. The van der Waals surface area contributed by atoms with Crippen LogP contribution in [0.4, 0.5) is 0 Å². The van der Waals surface area contributed by atoms with E-state index in [1.165, 1.54) is 11.1 Å². The highest BCUT2D eigenvalue weighted by Crippen LogP contribution is 2.29. The van der Waals surface area contributed by atoms with Crippen LogP contribution in [0.5, 0.6) is 0 Å². The fourth-order valence-corrected chi connectivity index (χ4v) is 2.89. The van der Waals surface area contributed by atoms with Crippen molar-refractivity contribution in [1.82, 2.24) is 15.1 Å². The maximum Gasteiger partial charge on any atom is 0.247 e. The molecular formula is C20H23N3O. The summed E-state index contributed by atoms with van der Waals surface area (Å²) in [5.74, 6) is 1.21. The number of nitrogens with zero attached hydrogens (tertiary/aromatic N) is 3. The average molecular weight is 321 g/mol. The van der Waals surface area contributed by atoms with Crippen LogP contribution >= 0.6 is 0 Å². The Balaban J connectivity index is 1.98. The molecule has 1 heterocycles. The van der Waals surface area contributed by atoms with E-state index in [2.05, 4.69) is 60.1 Å². The zero-order valence-corrected chi connectivity index (χ0v) is 14.4. The van der Waals surface area contributed by atoms with Crippen LogP contribution in [-0.4, -0.2) is 28.2 Å². The molecule has 1 aromatic heterocycles. The summed E-state index contributed by atoms with van der Waals surface area (Å²) in [6.07, 6.45) is 0. The molecule has 0 radical (unpaired) electrons. The molecule has 0 aliphatic rings. The molecule has 1 atom stereocenters. The van der Waals surface area contributed by atoms with E-state index in [1.807, 2.05) is 30.3 Å². The largest absolute Gasteiger partial charge is 0.419 e. The van der Waals surface area contributed by atoms with Gasteiger partial charge in [-0.25, -0.2) is 0 Å². The summed E-state index contributed by atoms with van der Waals surface area (Å²) >= 11 is 0. The third-order valence-electron chi connectivity index (χ3n) is 4.27. The van der Waals surface area contributed by atoms with Gasteiger partial charge in [-0.2, -0.15) is 0 Å². The summed E-state index contributed by atoms with van der Waals surface area (Å²) < 4.78 is 6.05. The molecule has 4 heteroatoms. The first-order valence-corrected chi connectivity index (χ1v) is 8.42. The Labute approximate surface area is 143 Å². The summed E-state index contributed by atoms with van der Waals surface area (Å²) in [5.41, 5.74) is 3.33. The molecule has 4 nitrogen and oxygen atoms in total. The van der Waals surface area contributed by atoms with Crippen molar-refractivity contribution in [3.63, 3.8) is 0 Å². The van der Waals surface area contributed by atoms with Crippen LogP contribution in [0, 0.1) is 6.92 Å². The Hall–Kier alpha value is -2.46. The third-order valence-corrected chi connectivity index (χ3v) is 4.27. The molecular weight excluding hydrogens is 298 g/mol. The van der Waals surface area contributed by atoms with Gasteiger partial charge in [0.25, 0.3) is 0 Å². The fraction of sp³-hybridized carbons (Fsp3) is 0.300. The van der Waals surface area contributed by atoms with E-state index < -0.39 is 0 Å². The molecule has 0 N–H and O–H groups in total. The van der Waals surface area contributed by atoms with Crippen LogP contribution in [-0.2, 0) is 0 Å². The first-order chi connectivity index (χ1) is 11.7. The van der Waals surface area contributed by atoms with E-state index >= 15 is 0 Å². The van der Waals surface area contributed by atoms with Crippen LogP contribution in [0.2, 0.25) is 0 Å². The number of rotatable bonds is 6. The number of hydrogen-bond donors (Lipinski definition) is 0. The monoisotopic (exact) mass is 321 g/mol.